The first kappa shape index (κ1) is 20.4. The number of para-hydroxylation sites is 1. The molecule has 32 heavy (non-hydrogen) atoms. The molecule has 0 atom stereocenters. The van der Waals surface area contributed by atoms with E-state index in [1.807, 2.05) is 49.5 Å². The van der Waals surface area contributed by atoms with Gasteiger partial charge in [0.2, 0.25) is 0 Å². The average Bonchev–Trinajstić information content (AvgIpc) is 3.27. The van der Waals surface area contributed by atoms with Gasteiger partial charge in [-0.05, 0) is 43.3 Å². The van der Waals surface area contributed by atoms with Crippen LogP contribution in [0, 0.1) is 12.7 Å². The van der Waals surface area contributed by atoms with Crippen LogP contribution in [0.2, 0.25) is 0 Å². The smallest absolute Gasteiger partial charge is 0.146 e. The van der Waals surface area contributed by atoms with Gasteiger partial charge >= 0.3 is 0 Å². The van der Waals surface area contributed by atoms with Gasteiger partial charge in [0.15, 0.2) is 0 Å². The number of aryl methyl sites for hydroxylation is 1. The number of benzene rings is 2. The molecule has 0 bridgehead atoms. The van der Waals surface area contributed by atoms with Gasteiger partial charge in [0, 0.05) is 43.8 Å². The number of rotatable bonds is 5. The van der Waals surface area contributed by atoms with Crippen LogP contribution < -0.4 is 9.64 Å². The van der Waals surface area contributed by atoms with E-state index in [2.05, 4.69) is 25.1 Å². The first-order valence-electron chi connectivity index (χ1n) is 10.7. The summed E-state index contributed by atoms with van der Waals surface area (Å²) in [6.07, 6.45) is 1.97. The number of methoxy groups -OCH3 is 1. The number of pyridine rings is 1. The van der Waals surface area contributed by atoms with Crippen molar-refractivity contribution in [3.8, 4) is 11.4 Å². The third-order valence-electron chi connectivity index (χ3n) is 5.86. The lowest BCUT2D eigenvalue weighted by atomic mass is 10.1. The Hall–Kier alpha value is -3.52. The van der Waals surface area contributed by atoms with Gasteiger partial charge < -0.3 is 9.64 Å². The van der Waals surface area contributed by atoms with E-state index < -0.39 is 0 Å². The van der Waals surface area contributed by atoms with Crippen molar-refractivity contribution >= 4 is 16.6 Å². The molecule has 0 spiro atoms. The Balaban J connectivity index is 1.32. The molecule has 1 fully saturated rings. The van der Waals surface area contributed by atoms with Gasteiger partial charge in [0.25, 0.3) is 0 Å². The summed E-state index contributed by atoms with van der Waals surface area (Å²) in [7, 11) is 1.65. The number of aromatic nitrogens is 4. The predicted molar refractivity (Wildman–Crippen MR) is 122 cm³/mol. The number of ether oxygens (including phenoxy) is 1. The van der Waals surface area contributed by atoms with Gasteiger partial charge in [0.1, 0.15) is 11.6 Å². The highest BCUT2D eigenvalue weighted by atomic mass is 19.1. The first-order chi connectivity index (χ1) is 15.6. The van der Waals surface area contributed by atoms with Crippen molar-refractivity contribution < 1.29 is 9.13 Å². The Kier molecular flexibility index (Phi) is 5.45. The summed E-state index contributed by atoms with van der Waals surface area (Å²) in [5.41, 5.74) is 4.30. The van der Waals surface area contributed by atoms with Gasteiger partial charge in [-0.25, -0.2) is 9.07 Å². The molecule has 0 aliphatic carbocycles. The summed E-state index contributed by atoms with van der Waals surface area (Å²) >= 11 is 0. The molecular formula is C24H25FN6O. The van der Waals surface area contributed by atoms with E-state index in [0.29, 0.717) is 12.2 Å². The molecule has 0 unspecified atom stereocenters. The van der Waals surface area contributed by atoms with E-state index in [1.54, 1.807) is 17.9 Å². The Morgan fingerprint density at radius 1 is 1.00 bits per heavy atom. The first-order valence-corrected chi connectivity index (χ1v) is 10.7. The molecule has 0 saturated carbocycles. The van der Waals surface area contributed by atoms with Gasteiger partial charge in [-0.3, -0.25) is 9.88 Å². The van der Waals surface area contributed by atoms with Crippen LogP contribution in [-0.2, 0) is 6.54 Å². The van der Waals surface area contributed by atoms with Crippen molar-refractivity contribution in [2.75, 3.05) is 38.2 Å². The lowest BCUT2D eigenvalue weighted by molar-refractivity contribution is 0.246. The zero-order valence-electron chi connectivity index (χ0n) is 18.2. The van der Waals surface area contributed by atoms with Crippen molar-refractivity contribution in [3.63, 3.8) is 0 Å². The maximum absolute atomic E-state index is 14.1. The maximum Gasteiger partial charge on any atom is 0.146 e. The van der Waals surface area contributed by atoms with Crippen LogP contribution in [-0.4, -0.2) is 58.2 Å². The molecule has 0 N–H and O–H groups in total. The quantitative estimate of drug-likeness (QED) is 0.480. The third-order valence-corrected chi connectivity index (χ3v) is 5.86. The second kappa shape index (κ2) is 8.55. The van der Waals surface area contributed by atoms with Crippen molar-refractivity contribution in [3.05, 3.63) is 71.9 Å². The highest BCUT2D eigenvalue weighted by molar-refractivity contribution is 5.88. The molecule has 164 valence electrons. The molecule has 7 nitrogen and oxygen atoms in total. The minimum atomic E-state index is -0.166. The van der Waals surface area contributed by atoms with Gasteiger partial charge in [-0.2, -0.15) is 0 Å². The van der Waals surface area contributed by atoms with Crippen LogP contribution in [0.3, 0.4) is 0 Å². The second-order valence-electron chi connectivity index (χ2n) is 8.03. The fraction of sp³-hybridized carbons (Fsp3) is 0.292. The van der Waals surface area contributed by atoms with E-state index in [9.17, 15) is 4.39 Å². The van der Waals surface area contributed by atoms with E-state index in [-0.39, 0.29) is 5.82 Å². The topological polar surface area (TPSA) is 59.3 Å². The highest BCUT2D eigenvalue weighted by Crippen LogP contribution is 2.26. The molecule has 0 radical (unpaired) electrons. The number of hydrogen-bond donors (Lipinski definition) is 0. The molecule has 1 saturated heterocycles. The fourth-order valence-corrected chi connectivity index (χ4v) is 4.20. The number of hydrogen-bond acceptors (Lipinski definition) is 6. The molecular weight excluding hydrogens is 407 g/mol. The fourth-order valence-electron chi connectivity index (χ4n) is 4.20. The van der Waals surface area contributed by atoms with Crippen LogP contribution in [0.1, 0.15) is 11.4 Å². The molecule has 3 heterocycles. The number of piperazine rings is 1. The number of anilines is 1. The van der Waals surface area contributed by atoms with Gasteiger partial charge in [-0.1, -0.05) is 17.3 Å². The SMILES string of the molecule is COc1ccc2nc(C)cc(-n3cc(CN4CCN(c5ccccc5F)CC4)nn3)c2c1. The van der Waals surface area contributed by atoms with E-state index in [1.165, 1.54) is 6.07 Å². The summed E-state index contributed by atoms with van der Waals surface area (Å²) in [6, 6.07) is 14.8. The molecule has 2 aromatic carbocycles. The normalized spacial score (nSPS) is 14.8. The summed E-state index contributed by atoms with van der Waals surface area (Å²) in [5, 5.41) is 9.75. The summed E-state index contributed by atoms with van der Waals surface area (Å²) in [5.74, 6) is 0.609. The Labute approximate surface area is 186 Å². The molecule has 4 aromatic rings. The number of halogens is 1. The van der Waals surface area contributed by atoms with E-state index in [0.717, 1.165) is 59.9 Å². The van der Waals surface area contributed by atoms with Gasteiger partial charge in [-0.15, -0.1) is 5.10 Å². The second-order valence-corrected chi connectivity index (χ2v) is 8.03. The van der Waals surface area contributed by atoms with Crippen LogP contribution >= 0.6 is 0 Å². The average molecular weight is 433 g/mol. The van der Waals surface area contributed by atoms with Crippen molar-refractivity contribution in [1.29, 1.82) is 0 Å². The molecule has 1 aliphatic rings. The third kappa shape index (κ3) is 4.01. The molecule has 2 aromatic heterocycles. The summed E-state index contributed by atoms with van der Waals surface area (Å²) in [4.78, 5) is 9.04. The van der Waals surface area contributed by atoms with Crippen LogP contribution in [0.25, 0.3) is 16.6 Å². The van der Waals surface area contributed by atoms with E-state index in [4.69, 9.17) is 4.74 Å². The van der Waals surface area contributed by atoms with Crippen LogP contribution in [0.15, 0.2) is 54.7 Å². The lowest BCUT2D eigenvalue weighted by Gasteiger charge is -2.35. The molecule has 8 heteroatoms. The summed E-state index contributed by atoms with van der Waals surface area (Å²) < 4.78 is 21.3. The zero-order chi connectivity index (χ0) is 22.1. The monoisotopic (exact) mass is 432 g/mol. The van der Waals surface area contributed by atoms with Gasteiger partial charge in [0.05, 0.1) is 35.9 Å². The minimum absolute atomic E-state index is 0.166. The van der Waals surface area contributed by atoms with E-state index >= 15 is 0 Å². The predicted octanol–water partition coefficient (Wildman–Crippen LogP) is 3.59. The summed E-state index contributed by atoms with van der Waals surface area (Å²) in [6.45, 7) is 5.92. The highest BCUT2D eigenvalue weighted by Gasteiger charge is 2.20. The minimum Gasteiger partial charge on any atom is -0.497 e. The largest absolute Gasteiger partial charge is 0.497 e. The number of nitrogens with zero attached hydrogens (tertiary/aromatic N) is 6. The molecule has 1 aliphatic heterocycles. The lowest BCUT2D eigenvalue weighted by Crippen LogP contribution is -2.46. The van der Waals surface area contributed by atoms with Crippen molar-refractivity contribution in [2.45, 2.75) is 13.5 Å². The van der Waals surface area contributed by atoms with Crippen molar-refractivity contribution in [1.82, 2.24) is 24.9 Å². The standard InChI is InChI=1S/C24H25FN6O/c1-17-13-24(20-14-19(32-2)7-8-22(20)26-17)31-16-18(27-28-31)15-29-9-11-30(12-10-29)23-6-4-3-5-21(23)25/h3-8,13-14,16H,9-12,15H2,1-2H3. The van der Waals surface area contributed by atoms with Crippen LogP contribution in [0.5, 0.6) is 5.75 Å². The maximum atomic E-state index is 14.1. The zero-order valence-corrected chi connectivity index (χ0v) is 18.2. The Bertz CT molecular complexity index is 1250. The Morgan fingerprint density at radius 2 is 1.81 bits per heavy atom. The van der Waals surface area contributed by atoms with Crippen molar-refractivity contribution in [2.24, 2.45) is 0 Å². The molecule has 0 amide bonds. The number of fused-ring (bicyclic) bond motifs is 1. The molecule has 5 rings (SSSR count). The Morgan fingerprint density at radius 3 is 2.59 bits per heavy atom. The van der Waals surface area contributed by atoms with Crippen LogP contribution in [0.4, 0.5) is 10.1 Å².